The van der Waals surface area contributed by atoms with E-state index in [9.17, 15) is 5.11 Å². The summed E-state index contributed by atoms with van der Waals surface area (Å²) in [7, 11) is 0. The Bertz CT molecular complexity index is 523. The summed E-state index contributed by atoms with van der Waals surface area (Å²) in [6.07, 6.45) is -0.549. The highest BCUT2D eigenvalue weighted by atomic mass is 35.5. The molecular formula is C15H15ClO2. The zero-order valence-corrected chi connectivity index (χ0v) is 10.9. The molecule has 2 rings (SSSR count). The molecule has 0 aromatic heterocycles. The zero-order chi connectivity index (χ0) is 13.0. The summed E-state index contributed by atoms with van der Waals surface area (Å²) in [5.74, 6) is 0.687. The lowest BCUT2D eigenvalue weighted by Crippen LogP contribution is -2.01. The van der Waals surface area contributed by atoms with Crippen LogP contribution < -0.4 is 4.74 Å². The Morgan fingerprint density at radius 2 is 1.78 bits per heavy atom. The van der Waals surface area contributed by atoms with Crippen molar-refractivity contribution in [1.82, 2.24) is 0 Å². The molecule has 0 fully saturated rings. The van der Waals surface area contributed by atoms with Crippen molar-refractivity contribution in [1.29, 1.82) is 0 Å². The van der Waals surface area contributed by atoms with Crippen LogP contribution in [0.5, 0.6) is 5.75 Å². The van der Waals surface area contributed by atoms with Crippen LogP contribution >= 0.6 is 11.6 Å². The first-order valence-corrected chi connectivity index (χ1v) is 6.19. The van der Waals surface area contributed by atoms with Crippen molar-refractivity contribution in [2.45, 2.75) is 19.6 Å². The number of aliphatic hydroxyl groups is 1. The van der Waals surface area contributed by atoms with Crippen LogP contribution in [-0.2, 0) is 6.61 Å². The van der Waals surface area contributed by atoms with Crippen LogP contribution in [0.2, 0.25) is 5.02 Å². The minimum atomic E-state index is -0.549. The second-order valence-electron chi connectivity index (χ2n) is 4.09. The number of hydrogen-bond acceptors (Lipinski definition) is 2. The lowest BCUT2D eigenvalue weighted by molar-refractivity contribution is 0.190. The molecule has 0 aliphatic rings. The second-order valence-corrected chi connectivity index (χ2v) is 4.50. The number of para-hydroxylation sites is 1. The van der Waals surface area contributed by atoms with Gasteiger partial charge in [-0.15, -0.1) is 0 Å². The van der Waals surface area contributed by atoms with E-state index in [2.05, 4.69) is 0 Å². The van der Waals surface area contributed by atoms with E-state index < -0.39 is 6.10 Å². The molecule has 0 spiro atoms. The van der Waals surface area contributed by atoms with Crippen molar-refractivity contribution in [3.05, 3.63) is 64.7 Å². The first-order chi connectivity index (χ1) is 8.68. The van der Waals surface area contributed by atoms with Crippen molar-refractivity contribution in [3.63, 3.8) is 0 Å². The summed E-state index contributed by atoms with van der Waals surface area (Å²) in [5.41, 5.74) is 1.71. The quantitative estimate of drug-likeness (QED) is 0.903. The summed E-state index contributed by atoms with van der Waals surface area (Å²) >= 11 is 6.06. The van der Waals surface area contributed by atoms with Gasteiger partial charge in [0.05, 0.1) is 6.10 Å². The molecule has 2 nitrogen and oxygen atoms in total. The highest BCUT2D eigenvalue weighted by Crippen LogP contribution is 2.26. The van der Waals surface area contributed by atoms with Gasteiger partial charge in [-0.1, -0.05) is 48.0 Å². The van der Waals surface area contributed by atoms with Crippen LogP contribution in [0, 0.1) is 0 Å². The van der Waals surface area contributed by atoms with Crippen LogP contribution in [-0.4, -0.2) is 5.11 Å². The molecule has 0 heterocycles. The first kappa shape index (κ1) is 12.9. The number of hydrogen-bond donors (Lipinski definition) is 1. The molecule has 2 aromatic rings. The van der Waals surface area contributed by atoms with E-state index in [4.69, 9.17) is 16.3 Å². The van der Waals surface area contributed by atoms with Gasteiger partial charge in [0.25, 0.3) is 0 Å². The SMILES string of the molecule is C[C@@H](O)c1ccccc1OCc1ccccc1Cl. The number of rotatable bonds is 4. The van der Waals surface area contributed by atoms with E-state index in [1.165, 1.54) is 0 Å². The van der Waals surface area contributed by atoms with Gasteiger partial charge in [-0.3, -0.25) is 0 Å². The van der Waals surface area contributed by atoms with E-state index >= 15 is 0 Å². The topological polar surface area (TPSA) is 29.5 Å². The van der Waals surface area contributed by atoms with Crippen LogP contribution in [0.4, 0.5) is 0 Å². The van der Waals surface area contributed by atoms with Crippen molar-refractivity contribution >= 4 is 11.6 Å². The Balaban J connectivity index is 2.14. The molecule has 0 aliphatic heterocycles. The van der Waals surface area contributed by atoms with E-state index in [1.807, 2.05) is 48.5 Å². The summed E-state index contributed by atoms with van der Waals surface area (Å²) < 4.78 is 5.72. The fourth-order valence-corrected chi connectivity index (χ4v) is 1.92. The second kappa shape index (κ2) is 5.89. The highest BCUT2D eigenvalue weighted by molar-refractivity contribution is 6.31. The maximum absolute atomic E-state index is 9.65. The number of halogens is 1. The van der Waals surface area contributed by atoms with Gasteiger partial charge in [0, 0.05) is 16.1 Å². The standard InChI is InChI=1S/C15H15ClO2/c1-11(17)13-7-3-5-9-15(13)18-10-12-6-2-4-8-14(12)16/h2-9,11,17H,10H2,1H3/t11-/m1/s1. The van der Waals surface area contributed by atoms with Gasteiger partial charge in [-0.25, -0.2) is 0 Å². The predicted molar refractivity (Wildman–Crippen MR) is 72.9 cm³/mol. The monoisotopic (exact) mass is 262 g/mol. The van der Waals surface area contributed by atoms with Gasteiger partial charge >= 0.3 is 0 Å². The largest absolute Gasteiger partial charge is 0.488 e. The summed E-state index contributed by atoms with van der Waals surface area (Å²) in [5, 5.41) is 10.3. The highest BCUT2D eigenvalue weighted by Gasteiger charge is 2.08. The maximum Gasteiger partial charge on any atom is 0.125 e. The minimum Gasteiger partial charge on any atom is -0.488 e. The molecule has 94 valence electrons. The summed E-state index contributed by atoms with van der Waals surface area (Å²) in [6, 6.07) is 15.0. The summed E-state index contributed by atoms with van der Waals surface area (Å²) in [4.78, 5) is 0. The lowest BCUT2D eigenvalue weighted by Gasteiger charge is -2.13. The zero-order valence-electron chi connectivity index (χ0n) is 10.1. The van der Waals surface area contributed by atoms with Gasteiger partial charge in [0.15, 0.2) is 0 Å². The average Bonchev–Trinajstić information content (AvgIpc) is 2.38. The van der Waals surface area contributed by atoms with Crippen LogP contribution in [0.15, 0.2) is 48.5 Å². The Morgan fingerprint density at radius 1 is 1.11 bits per heavy atom. The molecule has 18 heavy (non-hydrogen) atoms. The van der Waals surface area contributed by atoms with Gasteiger partial charge in [0.1, 0.15) is 12.4 Å². The Morgan fingerprint density at radius 3 is 2.50 bits per heavy atom. The molecule has 0 aliphatic carbocycles. The van der Waals surface area contributed by atoms with E-state index in [0.717, 1.165) is 11.1 Å². The number of ether oxygens (including phenoxy) is 1. The molecule has 1 atom stereocenters. The Labute approximate surface area is 112 Å². The molecule has 0 bridgehead atoms. The van der Waals surface area contributed by atoms with E-state index in [0.29, 0.717) is 17.4 Å². The van der Waals surface area contributed by atoms with Crippen molar-refractivity contribution in [2.24, 2.45) is 0 Å². The molecular weight excluding hydrogens is 248 g/mol. The molecule has 0 saturated heterocycles. The van der Waals surface area contributed by atoms with Gasteiger partial charge in [-0.2, -0.15) is 0 Å². The Kier molecular flexibility index (Phi) is 4.24. The molecule has 2 aromatic carbocycles. The molecule has 3 heteroatoms. The summed E-state index contributed by atoms with van der Waals surface area (Å²) in [6.45, 7) is 2.11. The molecule has 1 N–H and O–H groups in total. The average molecular weight is 263 g/mol. The van der Waals surface area contributed by atoms with Crippen LogP contribution in [0.25, 0.3) is 0 Å². The molecule has 0 saturated carbocycles. The fraction of sp³-hybridized carbons (Fsp3) is 0.200. The number of aliphatic hydroxyl groups excluding tert-OH is 1. The fourth-order valence-electron chi connectivity index (χ4n) is 1.73. The van der Waals surface area contributed by atoms with Crippen molar-refractivity contribution in [2.75, 3.05) is 0 Å². The molecule has 0 radical (unpaired) electrons. The third-order valence-corrected chi connectivity index (χ3v) is 3.08. The normalized spacial score (nSPS) is 12.2. The Hall–Kier alpha value is -1.51. The third-order valence-electron chi connectivity index (χ3n) is 2.71. The third kappa shape index (κ3) is 3.03. The number of benzene rings is 2. The molecule has 0 unspecified atom stereocenters. The van der Waals surface area contributed by atoms with Crippen LogP contribution in [0.1, 0.15) is 24.2 Å². The van der Waals surface area contributed by atoms with Gasteiger partial charge in [-0.05, 0) is 19.1 Å². The minimum absolute atomic E-state index is 0.392. The van der Waals surface area contributed by atoms with Crippen LogP contribution in [0.3, 0.4) is 0 Å². The van der Waals surface area contributed by atoms with Crippen molar-refractivity contribution < 1.29 is 9.84 Å². The van der Waals surface area contributed by atoms with Crippen molar-refractivity contribution in [3.8, 4) is 5.75 Å². The molecule has 0 amide bonds. The first-order valence-electron chi connectivity index (χ1n) is 5.81. The maximum atomic E-state index is 9.65. The van der Waals surface area contributed by atoms with E-state index in [-0.39, 0.29) is 0 Å². The smallest absolute Gasteiger partial charge is 0.125 e. The van der Waals surface area contributed by atoms with E-state index in [1.54, 1.807) is 6.92 Å². The predicted octanol–water partition coefficient (Wildman–Crippen LogP) is 3.97. The lowest BCUT2D eigenvalue weighted by atomic mass is 10.1. The van der Waals surface area contributed by atoms with Gasteiger partial charge < -0.3 is 9.84 Å². The van der Waals surface area contributed by atoms with Gasteiger partial charge in [0.2, 0.25) is 0 Å².